The van der Waals surface area contributed by atoms with Gasteiger partial charge in [0, 0.05) is 11.1 Å². The number of carbonyl (C=O) groups is 2. The maximum Gasteiger partial charge on any atom is 0.282 e. The highest BCUT2D eigenvalue weighted by Gasteiger charge is 2.41. The number of rotatable bonds is 7. The van der Waals surface area contributed by atoms with Crippen molar-refractivity contribution in [3.05, 3.63) is 74.3 Å². The number of hydrogen-bond donors (Lipinski definition) is 1. The summed E-state index contributed by atoms with van der Waals surface area (Å²) in [5, 5.41) is 21.7. The zero-order valence-corrected chi connectivity index (χ0v) is 14.8. The minimum atomic E-state index is -1.14. The molecule has 0 spiro atoms. The molecule has 2 amide bonds. The molecule has 0 bridgehead atoms. The molecular formula is C18H15ClN2O6. The van der Waals surface area contributed by atoms with Gasteiger partial charge in [0.05, 0.1) is 36.3 Å². The van der Waals surface area contributed by atoms with Crippen molar-refractivity contribution in [2.45, 2.75) is 12.7 Å². The van der Waals surface area contributed by atoms with Crippen molar-refractivity contribution in [3.8, 4) is 0 Å². The van der Waals surface area contributed by atoms with Crippen molar-refractivity contribution in [1.29, 1.82) is 0 Å². The number of aliphatic hydroxyl groups excluding tert-OH is 1. The molecule has 1 atom stereocenters. The molecule has 140 valence electrons. The summed E-state index contributed by atoms with van der Waals surface area (Å²) in [6.07, 6.45) is -1.14. The predicted octanol–water partition coefficient (Wildman–Crippen LogP) is 2.42. The summed E-state index contributed by atoms with van der Waals surface area (Å²) in [6.45, 7) is -0.308. The highest BCUT2D eigenvalue weighted by Crippen LogP contribution is 2.30. The molecule has 8 nitrogen and oxygen atoms in total. The normalized spacial score (nSPS) is 14.4. The minimum Gasteiger partial charge on any atom is -0.389 e. The Balaban J connectivity index is 1.63. The van der Waals surface area contributed by atoms with Crippen LogP contribution in [0.25, 0.3) is 0 Å². The third-order valence-corrected chi connectivity index (χ3v) is 4.46. The zero-order chi connectivity index (χ0) is 19.6. The summed E-state index contributed by atoms with van der Waals surface area (Å²) in [6, 6.07) is 10.9. The Morgan fingerprint density at radius 1 is 1.15 bits per heavy atom. The number of aliphatic hydroxyl groups is 1. The lowest BCUT2D eigenvalue weighted by Gasteiger charge is -2.18. The average molecular weight is 391 g/mol. The summed E-state index contributed by atoms with van der Waals surface area (Å²) in [7, 11) is 0. The molecule has 0 radical (unpaired) electrons. The molecule has 0 aromatic heterocycles. The first kappa shape index (κ1) is 19.0. The van der Waals surface area contributed by atoms with Crippen LogP contribution in [0.2, 0.25) is 5.02 Å². The van der Waals surface area contributed by atoms with E-state index in [1.165, 1.54) is 12.1 Å². The monoisotopic (exact) mass is 390 g/mol. The first-order valence-corrected chi connectivity index (χ1v) is 8.40. The van der Waals surface area contributed by atoms with Gasteiger partial charge >= 0.3 is 0 Å². The quantitative estimate of drug-likeness (QED) is 0.441. The second kappa shape index (κ2) is 7.83. The fraction of sp³-hybridized carbons (Fsp3) is 0.222. The van der Waals surface area contributed by atoms with Crippen LogP contribution in [0.5, 0.6) is 0 Å². The molecule has 2 aromatic carbocycles. The van der Waals surface area contributed by atoms with Gasteiger partial charge in [-0.2, -0.15) is 0 Å². The van der Waals surface area contributed by atoms with E-state index in [1.807, 2.05) is 0 Å². The number of imide groups is 1. The second-order valence-electron chi connectivity index (χ2n) is 5.94. The second-order valence-corrected chi connectivity index (χ2v) is 6.35. The van der Waals surface area contributed by atoms with E-state index in [0.29, 0.717) is 5.02 Å². The number of nitro benzene ring substituents is 1. The van der Waals surface area contributed by atoms with E-state index in [0.717, 1.165) is 16.5 Å². The first-order valence-electron chi connectivity index (χ1n) is 8.03. The van der Waals surface area contributed by atoms with Crippen LogP contribution in [0.4, 0.5) is 5.69 Å². The number of nitrogens with zero attached hydrogens (tertiary/aromatic N) is 2. The van der Waals surface area contributed by atoms with Crippen LogP contribution in [0.1, 0.15) is 26.3 Å². The van der Waals surface area contributed by atoms with Gasteiger partial charge in [-0.3, -0.25) is 24.6 Å². The highest BCUT2D eigenvalue weighted by atomic mass is 35.5. The van der Waals surface area contributed by atoms with Gasteiger partial charge in [0.2, 0.25) is 0 Å². The molecule has 0 unspecified atom stereocenters. The number of hydrogen-bond acceptors (Lipinski definition) is 6. The number of halogens is 1. The fourth-order valence-electron chi connectivity index (χ4n) is 2.82. The van der Waals surface area contributed by atoms with Gasteiger partial charge in [-0.25, -0.2) is 0 Å². The third-order valence-electron chi connectivity index (χ3n) is 4.09. The molecule has 0 fully saturated rings. The van der Waals surface area contributed by atoms with E-state index < -0.39 is 28.5 Å². The lowest BCUT2D eigenvalue weighted by molar-refractivity contribution is -0.385. The molecule has 0 saturated carbocycles. The van der Waals surface area contributed by atoms with Crippen LogP contribution in [0.15, 0.2) is 42.5 Å². The van der Waals surface area contributed by atoms with Gasteiger partial charge in [-0.05, 0) is 17.7 Å². The number of amides is 2. The van der Waals surface area contributed by atoms with Crippen molar-refractivity contribution < 1.29 is 24.4 Å². The molecule has 1 N–H and O–H groups in total. The van der Waals surface area contributed by atoms with Gasteiger partial charge in [-0.15, -0.1) is 0 Å². The summed E-state index contributed by atoms with van der Waals surface area (Å²) in [5.41, 5.74) is 0.00982. The van der Waals surface area contributed by atoms with Crippen LogP contribution >= 0.6 is 11.6 Å². The summed E-state index contributed by atoms with van der Waals surface area (Å²) in [5.74, 6) is -1.48. The number of benzene rings is 2. The first-order chi connectivity index (χ1) is 12.9. The number of ether oxygens (including phenoxy) is 1. The predicted molar refractivity (Wildman–Crippen MR) is 95.6 cm³/mol. The molecule has 0 aliphatic carbocycles. The van der Waals surface area contributed by atoms with Gasteiger partial charge in [0.15, 0.2) is 0 Å². The van der Waals surface area contributed by atoms with E-state index in [4.69, 9.17) is 16.3 Å². The van der Waals surface area contributed by atoms with Gasteiger partial charge in [0.1, 0.15) is 5.56 Å². The average Bonchev–Trinajstić information content (AvgIpc) is 2.88. The highest BCUT2D eigenvalue weighted by molar-refractivity contribution is 6.31. The largest absolute Gasteiger partial charge is 0.389 e. The summed E-state index contributed by atoms with van der Waals surface area (Å²) in [4.78, 5) is 36.0. The Labute approximate surface area is 159 Å². The molecule has 0 saturated heterocycles. The third kappa shape index (κ3) is 3.82. The Bertz CT molecular complexity index is 916. The van der Waals surface area contributed by atoms with Gasteiger partial charge < -0.3 is 9.84 Å². The Kier molecular flexibility index (Phi) is 5.50. The topological polar surface area (TPSA) is 110 Å². The van der Waals surface area contributed by atoms with Crippen LogP contribution in [0.3, 0.4) is 0 Å². The molecule has 27 heavy (non-hydrogen) atoms. The molecule has 3 rings (SSSR count). The fourth-order valence-corrected chi connectivity index (χ4v) is 3.01. The van der Waals surface area contributed by atoms with Crippen molar-refractivity contribution in [1.82, 2.24) is 4.90 Å². The zero-order valence-electron chi connectivity index (χ0n) is 14.0. The smallest absolute Gasteiger partial charge is 0.282 e. The Hall–Kier alpha value is -2.81. The van der Waals surface area contributed by atoms with Crippen molar-refractivity contribution in [2.75, 3.05) is 13.2 Å². The van der Waals surface area contributed by atoms with Crippen molar-refractivity contribution >= 4 is 29.1 Å². The van der Waals surface area contributed by atoms with E-state index in [1.54, 1.807) is 24.3 Å². The summed E-state index contributed by atoms with van der Waals surface area (Å²) >= 11 is 6.01. The van der Waals surface area contributed by atoms with E-state index in [9.17, 15) is 24.8 Å². The minimum absolute atomic E-state index is 0.0432. The van der Waals surface area contributed by atoms with Gasteiger partial charge in [-0.1, -0.05) is 35.9 Å². The van der Waals surface area contributed by atoms with Crippen molar-refractivity contribution in [3.63, 3.8) is 0 Å². The van der Waals surface area contributed by atoms with Crippen LogP contribution in [-0.4, -0.2) is 46.0 Å². The number of β-amino-alcohol motifs (C(OH)–C–C–N with tert-alkyl or cyclic N) is 1. The van der Waals surface area contributed by atoms with E-state index in [-0.39, 0.29) is 30.9 Å². The maximum absolute atomic E-state index is 12.4. The number of carbonyl (C=O) groups excluding carboxylic acids is 2. The molecule has 9 heteroatoms. The molecule has 2 aromatic rings. The molecule has 1 heterocycles. The molecule has 1 aliphatic heterocycles. The standard InChI is InChI=1S/C18H15ClN2O6/c19-14-6-2-1-4-11(14)9-27-10-12(22)8-20-17(23)13-5-3-7-15(21(25)26)16(13)18(20)24/h1-7,12,22H,8-10H2/t12-/m1/s1. The number of nitro groups is 1. The Morgan fingerprint density at radius 3 is 2.59 bits per heavy atom. The SMILES string of the molecule is O=C1c2cccc([N+](=O)[O-])c2C(=O)N1C[C@@H](O)COCc1ccccc1Cl. The Morgan fingerprint density at radius 2 is 1.89 bits per heavy atom. The van der Waals surface area contributed by atoms with E-state index >= 15 is 0 Å². The van der Waals surface area contributed by atoms with Crippen molar-refractivity contribution in [2.24, 2.45) is 0 Å². The van der Waals surface area contributed by atoms with Crippen LogP contribution in [0, 0.1) is 10.1 Å². The van der Waals surface area contributed by atoms with E-state index in [2.05, 4.69) is 0 Å². The maximum atomic E-state index is 12.4. The van der Waals surface area contributed by atoms with Crippen LogP contribution in [-0.2, 0) is 11.3 Å². The lowest BCUT2D eigenvalue weighted by atomic mass is 10.1. The van der Waals surface area contributed by atoms with Gasteiger partial charge in [0.25, 0.3) is 17.5 Å². The molecule has 1 aliphatic rings. The molecular weight excluding hydrogens is 376 g/mol. The lowest BCUT2D eigenvalue weighted by Crippen LogP contribution is -2.38. The number of fused-ring (bicyclic) bond motifs is 1. The summed E-state index contributed by atoms with van der Waals surface area (Å²) < 4.78 is 5.39. The van der Waals surface area contributed by atoms with Crippen LogP contribution < -0.4 is 0 Å².